The Bertz CT molecular complexity index is 483. The summed E-state index contributed by atoms with van der Waals surface area (Å²) in [5.41, 5.74) is -4.59. The third-order valence-corrected chi connectivity index (χ3v) is 1.71. The monoisotopic (exact) mass is 292 g/mol. The maximum absolute atomic E-state index is 10.7. The SMILES string of the molecule is O.O.O=C(O)c1nc(C(=O)O)c(C(=O)O)nc1C(=O)O. The smallest absolute Gasteiger partial charge is 0.357 e. The van der Waals surface area contributed by atoms with Crippen LogP contribution in [0, 0.1) is 0 Å². The number of aromatic nitrogens is 2. The molecule has 0 fully saturated rings. The highest BCUT2D eigenvalue weighted by Gasteiger charge is 2.28. The highest BCUT2D eigenvalue weighted by molar-refractivity contribution is 6.03. The summed E-state index contributed by atoms with van der Waals surface area (Å²) >= 11 is 0. The van der Waals surface area contributed by atoms with Gasteiger partial charge in [0, 0.05) is 0 Å². The zero-order chi connectivity index (χ0) is 14.0. The molecule has 0 saturated carbocycles. The van der Waals surface area contributed by atoms with E-state index in [2.05, 4.69) is 9.97 Å². The Morgan fingerprint density at radius 1 is 0.550 bits per heavy atom. The first-order valence-corrected chi connectivity index (χ1v) is 4.11. The number of aromatic carboxylic acids is 4. The van der Waals surface area contributed by atoms with Gasteiger partial charge >= 0.3 is 23.9 Å². The fraction of sp³-hybridized carbons (Fsp3) is 0. The maximum Gasteiger partial charge on any atom is 0.357 e. The molecule has 20 heavy (non-hydrogen) atoms. The molecule has 12 heteroatoms. The number of carboxylic acid groups (broad SMARTS) is 4. The van der Waals surface area contributed by atoms with Gasteiger partial charge in [0.1, 0.15) is 0 Å². The molecule has 0 radical (unpaired) electrons. The molecule has 1 aromatic rings. The quantitative estimate of drug-likeness (QED) is 0.459. The molecule has 0 atom stereocenters. The van der Waals surface area contributed by atoms with Crippen LogP contribution in [0.25, 0.3) is 0 Å². The third kappa shape index (κ3) is 3.44. The fourth-order valence-electron chi connectivity index (χ4n) is 1.03. The minimum absolute atomic E-state index is 0. The first-order chi connectivity index (χ1) is 8.25. The van der Waals surface area contributed by atoms with E-state index in [9.17, 15) is 19.2 Å². The molecule has 0 aromatic carbocycles. The van der Waals surface area contributed by atoms with E-state index in [1.54, 1.807) is 0 Å². The highest BCUT2D eigenvalue weighted by Crippen LogP contribution is 2.10. The second-order valence-corrected chi connectivity index (χ2v) is 2.84. The molecule has 12 nitrogen and oxygen atoms in total. The van der Waals surface area contributed by atoms with E-state index < -0.39 is 46.7 Å². The van der Waals surface area contributed by atoms with Crippen molar-refractivity contribution in [2.75, 3.05) is 0 Å². The highest BCUT2D eigenvalue weighted by atomic mass is 16.4. The first kappa shape index (κ1) is 19.2. The number of carboxylic acids is 4. The number of carbonyl (C=O) groups is 4. The molecule has 1 aromatic heterocycles. The van der Waals surface area contributed by atoms with E-state index in [1.807, 2.05) is 0 Å². The van der Waals surface area contributed by atoms with Crippen LogP contribution in [-0.4, -0.2) is 65.2 Å². The molecule has 0 bridgehead atoms. The molecule has 1 heterocycles. The van der Waals surface area contributed by atoms with E-state index in [1.165, 1.54) is 0 Å². The van der Waals surface area contributed by atoms with Crippen molar-refractivity contribution >= 4 is 23.9 Å². The molecule has 0 amide bonds. The Morgan fingerprint density at radius 3 is 0.800 bits per heavy atom. The van der Waals surface area contributed by atoms with Gasteiger partial charge in [-0.15, -0.1) is 0 Å². The molecule has 0 spiro atoms. The van der Waals surface area contributed by atoms with E-state index >= 15 is 0 Å². The lowest BCUT2D eigenvalue weighted by atomic mass is 10.2. The predicted molar refractivity (Wildman–Crippen MR) is 57.1 cm³/mol. The van der Waals surface area contributed by atoms with E-state index in [-0.39, 0.29) is 11.0 Å². The van der Waals surface area contributed by atoms with Crippen molar-refractivity contribution in [1.29, 1.82) is 0 Å². The Balaban J connectivity index is 0. The van der Waals surface area contributed by atoms with Crippen LogP contribution in [0.15, 0.2) is 0 Å². The van der Waals surface area contributed by atoms with Crippen molar-refractivity contribution in [3.05, 3.63) is 22.8 Å². The van der Waals surface area contributed by atoms with Gasteiger partial charge < -0.3 is 31.4 Å². The number of nitrogens with zero attached hydrogens (tertiary/aromatic N) is 2. The molecule has 0 unspecified atom stereocenters. The first-order valence-electron chi connectivity index (χ1n) is 4.11. The van der Waals surface area contributed by atoms with Gasteiger partial charge in [0.2, 0.25) is 0 Å². The van der Waals surface area contributed by atoms with Crippen molar-refractivity contribution in [2.24, 2.45) is 0 Å². The average Bonchev–Trinajstić information content (AvgIpc) is 2.26. The average molecular weight is 292 g/mol. The van der Waals surface area contributed by atoms with Crippen molar-refractivity contribution in [1.82, 2.24) is 9.97 Å². The molecule has 8 N–H and O–H groups in total. The van der Waals surface area contributed by atoms with E-state index in [0.717, 1.165) is 0 Å². The molecular formula is C8H8N2O10. The maximum atomic E-state index is 10.7. The molecule has 0 aliphatic heterocycles. The molecule has 0 aliphatic rings. The summed E-state index contributed by atoms with van der Waals surface area (Å²) in [6, 6.07) is 0. The lowest BCUT2D eigenvalue weighted by Crippen LogP contribution is -2.21. The predicted octanol–water partition coefficient (Wildman–Crippen LogP) is -2.38. The molecule has 0 saturated heterocycles. The number of hydrogen-bond donors (Lipinski definition) is 4. The molecule has 1 rings (SSSR count). The Labute approximate surface area is 108 Å². The van der Waals surface area contributed by atoms with Crippen molar-refractivity contribution < 1.29 is 50.6 Å². The second kappa shape index (κ2) is 6.72. The van der Waals surface area contributed by atoms with Gasteiger partial charge in [-0.1, -0.05) is 0 Å². The van der Waals surface area contributed by atoms with E-state index in [0.29, 0.717) is 0 Å². The largest absolute Gasteiger partial charge is 0.476 e. The van der Waals surface area contributed by atoms with Crippen molar-refractivity contribution in [2.45, 2.75) is 0 Å². The normalized spacial score (nSPS) is 8.80. The van der Waals surface area contributed by atoms with Gasteiger partial charge in [-0.3, -0.25) is 0 Å². The Kier molecular flexibility index (Phi) is 6.46. The van der Waals surface area contributed by atoms with Gasteiger partial charge in [0.15, 0.2) is 22.8 Å². The topological polar surface area (TPSA) is 238 Å². The van der Waals surface area contributed by atoms with Gasteiger partial charge in [-0.25, -0.2) is 29.1 Å². The summed E-state index contributed by atoms with van der Waals surface area (Å²) < 4.78 is 0. The van der Waals surface area contributed by atoms with Crippen LogP contribution in [0.2, 0.25) is 0 Å². The Hall–Kier alpha value is -3.12. The fourth-order valence-corrected chi connectivity index (χ4v) is 1.03. The standard InChI is InChI=1S/C8H4N2O8.2H2O/c11-5(12)1-2(6(13)14)10-4(8(17)18)3(9-1)7(15)16;;/h(H,11,12)(H,13,14)(H,15,16)(H,17,18);2*1H2. The van der Waals surface area contributed by atoms with Crippen LogP contribution < -0.4 is 0 Å². The lowest BCUT2D eigenvalue weighted by Gasteiger charge is -2.04. The summed E-state index contributed by atoms with van der Waals surface area (Å²) in [5.74, 6) is -7.34. The van der Waals surface area contributed by atoms with Crippen LogP contribution >= 0.6 is 0 Å². The zero-order valence-electron chi connectivity index (χ0n) is 9.32. The van der Waals surface area contributed by atoms with Crippen molar-refractivity contribution in [3.8, 4) is 0 Å². The van der Waals surface area contributed by atoms with Gasteiger partial charge in [-0.05, 0) is 0 Å². The summed E-state index contributed by atoms with van der Waals surface area (Å²) in [6.07, 6.45) is 0. The second-order valence-electron chi connectivity index (χ2n) is 2.84. The summed E-state index contributed by atoms with van der Waals surface area (Å²) in [7, 11) is 0. The van der Waals surface area contributed by atoms with Crippen LogP contribution in [0.4, 0.5) is 0 Å². The van der Waals surface area contributed by atoms with Gasteiger partial charge in [0.25, 0.3) is 0 Å². The Morgan fingerprint density at radius 2 is 0.700 bits per heavy atom. The molecule has 110 valence electrons. The van der Waals surface area contributed by atoms with Crippen LogP contribution in [0.1, 0.15) is 42.0 Å². The molecular weight excluding hydrogens is 284 g/mol. The van der Waals surface area contributed by atoms with Crippen molar-refractivity contribution in [3.63, 3.8) is 0 Å². The van der Waals surface area contributed by atoms with Crippen LogP contribution in [0.5, 0.6) is 0 Å². The summed E-state index contributed by atoms with van der Waals surface area (Å²) in [4.78, 5) is 48.7. The third-order valence-electron chi connectivity index (χ3n) is 1.71. The number of rotatable bonds is 4. The van der Waals surface area contributed by atoms with Gasteiger partial charge in [-0.2, -0.15) is 0 Å². The number of hydrogen-bond acceptors (Lipinski definition) is 6. The van der Waals surface area contributed by atoms with Crippen LogP contribution in [-0.2, 0) is 0 Å². The summed E-state index contributed by atoms with van der Waals surface area (Å²) in [5, 5.41) is 34.6. The zero-order valence-corrected chi connectivity index (χ0v) is 9.32. The van der Waals surface area contributed by atoms with E-state index in [4.69, 9.17) is 20.4 Å². The van der Waals surface area contributed by atoms with Gasteiger partial charge in [0.05, 0.1) is 0 Å². The van der Waals surface area contributed by atoms with Crippen LogP contribution in [0.3, 0.4) is 0 Å². The minimum atomic E-state index is -1.83. The lowest BCUT2D eigenvalue weighted by molar-refractivity contribution is 0.0615. The summed E-state index contributed by atoms with van der Waals surface area (Å²) in [6.45, 7) is 0. The molecule has 0 aliphatic carbocycles. The minimum Gasteiger partial charge on any atom is -0.476 e.